The number of aromatic nitrogens is 3. The van der Waals surface area contributed by atoms with E-state index in [1.54, 1.807) is 29.9 Å². The summed E-state index contributed by atoms with van der Waals surface area (Å²) in [6.45, 7) is 2.40. The fourth-order valence-electron chi connectivity index (χ4n) is 2.78. The van der Waals surface area contributed by atoms with Crippen LogP contribution >= 0.6 is 0 Å². The van der Waals surface area contributed by atoms with Crippen LogP contribution in [0.4, 0.5) is 5.69 Å². The molecule has 2 aromatic heterocycles. The van der Waals surface area contributed by atoms with Crippen LogP contribution in [-0.2, 0) is 30.0 Å². The molecule has 0 bridgehead atoms. The van der Waals surface area contributed by atoms with Crippen LogP contribution in [0.15, 0.2) is 18.3 Å². The van der Waals surface area contributed by atoms with Crippen molar-refractivity contribution in [2.75, 3.05) is 18.1 Å². The molecule has 0 radical (unpaired) electrons. The molecule has 9 heteroatoms. The molecule has 2 aromatic rings. The van der Waals surface area contributed by atoms with Gasteiger partial charge >= 0.3 is 0 Å². The summed E-state index contributed by atoms with van der Waals surface area (Å²) in [4.78, 5) is 21.0. The predicted molar refractivity (Wildman–Crippen MR) is 89.1 cm³/mol. The predicted octanol–water partition coefficient (Wildman–Crippen LogP) is 0.694. The molecule has 0 saturated heterocycles. The Hall–Kier alpha value is -2.26. The number of imidazole rings is 1. The summed E-state index contributed by atoms with van der Waals surface area (Å²) in [5.41, 5.74) is 2.86. The minimum Gasteiger partial charge on any atom is -0.327 e. The maximum atomic E-state index is 12.5. The van der Waals surface area contributed by atoms with Crippen molar-refractivity contribution >= 4 is 21.6 Å². The Labute approximate surface area is 140 Å². The van der Waals surface area contributed by atoms with Gasteiger partial charge in [0, 0.05) is 31.9 Å². The lowest BCUT2D eigenvalue weighted by Crippen LogP contribution is -2.35. The van der Waals surface area contributed by atoms with Crippen LogP contribution in [0, 0.1) is 6.92 Å². The second-order valence-corrected chi connectivity index (χ2v) is 7.81. The molecule has 0 aromatic carbocycles. The highest BCUT2D eigenvalue weighted by atomic mass is 32.2. The summed E-state index contributed by atoms with van der Waals surface area (Å²) in [7, 11) is -1.50. The highest BCUT2D eigenvalue weighted by molar-refractivity contribution is 7.88. The smallest absolute Gasteiger partial charge is 0.291 e. The van der Waals surface area contributed by atoms with E-state index < -0.39 is 10.0 Å². The maximum Gasteiger partial charge on any atom is 0.291 e. The quantitative estimate of drug-likeness (QED) is 0.879. The molecule has 1 aliphatic rings. The van der Waals surface area contributed by atoms with Gasteiger partial charge in [-0.3, -0.25) is 9.78 Å². The molecule has 24 heavy (non-hydrogen) atoms. The second kappa shape index (κ2) is 5.99. The van der Waals surface area contributed by atoms with Gasteiger partial charge in [0.1, 0.15) is 0 Å². The molecule has 0 atom stereocenters. The number of sulfonamides is 1. The van der Waals surface area contributed by atoms with E-state index >= 15 is 0 Å². The Morgan fingerprint density at radius 3 is 2.79 bits per heavy atom. The number of hydrogen-bond acceptors (Lipinski definition) is 5. The molecule has 0 fully saturated rings. The van der Waals surface area contributed by atoms with Crippen LogP contribution in [0.3, 0.4) is 0 Å². The van der Waals surface area contributed by atoms with Gasteiger partial charge < -0.3 is 9.88 Å². The molecule has 0 unspecified atom stereocenters. The average Bonchev–Trinajstić information content (AvgIpc) is 2.85. The number of rotatable bonds is 3. The topological polar surface area (TPSA) is 97.2 Å². The Kier molecular flexibility index (Phi) is 4.14. The van der Waals surface area contributed by atoms with E-state index in [0.29, 0.717) is 30.0 Å². The number of carbonyl (C=O) groups is 1. The van der Waals surface area contributed by atoms with E-state index in [4.69, 9.17) is 0 Å². The van der Waals surface area contributed by atoms with E-state index in [0.717, 1.165) is 5.69 Å². The van der Waals surface area contributed by atoms with E-state index in [1.165, 1.54) is 10.6 Å². The standard InChI is InChI=1S/C15H19N5O3S/c1-10-11(5-4-7-16-10)18-15(21)14-17-12-9-20(24(3,22)23)8-6-13(12)19(14)2/h4-5,7H,6,8-9H2,1-3H3,(H,18,21). The summed E-state index contributed by atoms with van der Waals surface area (Å²) in [5, 5.41) is 2.80. The second-order valence-electron chi connectivity index (χ2n) is 5.82. The van der Waals surface area contributed by atoms with Gasteiger partial charge in [-0.15, -0.1) is 0 Å². The van der Waals surface area contributed by atoms with E-state index in [1.807, 2.05) is 6.92 Å². The van der Waals surface area contributed by atoms with Gasteiger partial charge in [0.15, 0.2) is 5.82 Å². The lowest BCUT2D eigenvalue weighted by atomic mass is 10.2. The van der Waals surface area contributed by atoms with Crippen molar-refractivity contribution in [3.63, 3.8) is 0 Å². The van der Waals surface area contributed by atoms with Crippen LogP contribution in [0.25, 0.3) is 0 Å². The molecule has 1 N–H and O–H groups in total. The van der Waals surface area contributed by atoms with Crippen LogP contribution in [0.5, 0.6) is 0 Å². The lowest BCUT2D eigenvalue weighted by molar-refractivity contribution is 0.101. The number of pyridine rings is 1. The van der Waals surface area contributed by atoms with Crippen molar-refractivity contribution < 1.29 is 13.2 Å². The maximum absolute atomic E-state index is 12.5. The van der Waals surface area contributed by atoms with Crippen LogP contribution < -0.4 is 5.32 Å². The zero-order chi connectivity index (χ0) is 17.5. The monoisotopic (exact) mass is 349 g/mol. The van der Waals surface area contributed by atoms with Crippen LogP contribution in [0.2, 0.25) is 0 Å². The first-order chi connectivity index (χ1) is 11.3. The van der Waals surface area contributed by atoms with Gasteiger partial charge in [-0.05, 0) is 19.1 Å². The van der Waals surface area contributed by atoms with Crippen LogP contribution in [0.1, 0.15) is 27.7 Å². The number of nitrogens with zero attached hydrogens (tertiary/aromatic N) is 4. The Balaban J connectivity index is 1.87. The number of hydrogen-bond donors (Lipinski definition) is 1. The minimum atomic E-state index is -3.27. The van der Waals surface area contributed by atoms with Crippen molar-refractivity contribution in [3.8, 4) is 0 Å². The molecule has 3 rings (SSSR count). The lowest BCUT2D eigenvalue weighted by Gasteiger charge is -2.24. The fourth-order valence-corrected chi connectivity index (χ4v) is 3.56. The Morgan fingerprint density at radius 2 is 2.12 bits per heavy atom. The highest BCUT2D eigenvalue weighted by Crippen LogP contribution is 2.22. The zero-order valence-electron chi connectivity index (χ0n) is 13.8. The van der Waals surface area contributed by atoms with Crippen molar-refractivity contribution in [1.29, 1.82) is 0 Å². The molecular formula is C15H19N5O3S. The van der Waals surface area contributed by atoms with Gasteiger partial charge in [0.2, 0.25) is 10.0 Å². The SMILES string of the molecule is Cc1ncccc1NC(=O)c1nc2c(n1C)CCN(S(C)(=O)=O)C2. The molecule has 1 aliphatic heterocycles. The molecule has 0 saturated carbocycles. The summed E-state index contributed by atoms with van der Waals surface area (Å²) >= 11 is 0. The first-order valence-electron chi connectivity index (χ1n) is 7.50. The molecular weight excluding hydrogens is 330 g/mol. The summed E-state index contributed by atoms with van der Waals surface area (Å²) in [6, 6.07) is 3.52. The third-order valence-corrected chi connectivity index (χ3v) is 5.40. The van der Waals surface area contributed by atoms with Gasteiger partial charge in [-0.25, -0.2) is 13.4 Å². The normalized spacial score (nSPS) is 15.1. The van der Waals surface area contributed by atoms with E-state index in [9.17, 15) is 13.2 Å². The van der Waals surface area contributed by atoms with Crippen LogP contribution in [-0.4, -0.2) is 46.0 Å². The van der Waals surface area contributed by atoms with E-state index in [-0.39, 0.29) is 18.3 Å². The van der Waals surface area contributed by atoms with Crippen molar-refractivity contribution in [2.24, 2.45) is 7.05 Å². The van der Waals surface area contributed by atoms with Gasteiger partial charge in [-0.1, -0.05) is 0 Å². The summed E-state index contributed by atoms with van der Waals surface area (Å²) in [5.74, 6) is -0.0764. The van der Waals surface area contributed by atoms with Crippen molar-refractivity contribution in [1.82, 2.24) is 18.8 Å². The molecule has 128 valence electrons. The molecule has 1 amide bonds. The molecule has 8 nitrogen and oxygen atoms in total. The number of anilines is 1. The largest absolute Gasteiger partial charge is 0.327 e. The van der Waals surface area contributed by atoms with Gasteiger partial charge in [0.05, 0.1) is 29.9 Å². The number of amides is 1. The van der Waals surface area contributed by atoms with Gasteiger partial charge in [-0.2, -0.15) is 4.31 Å². The highest BCUT2D eigenvalue weighted by Gasteiger charge is 2.29. The molecule has 0 aliphatic carbocycles. The molecule has 0 spiro atoms. The van der Waals surface area contributed by atoms with E-state index in [2.05, 4.69) is 15.3 Å². The molecule has 3 heterocycles. The van der Waals surface area contributed by atoms with Gasteiger partial charge in [0.25, 0.3) is 5.91 Å². The minimum absolute atomic E-state index is 0.196. The third kappa shape index (κ3) is 3.04. The zero-order valence-corrected chi connectivity index (χ0v) is 14.6. The van der Waals surface area contributed by atoms with Crippen molar-refractivity contribution in [2.45, 2.75) is 19.9 Å². The van der Waals surface area contributed by atoms with Crippen molar-refractivity contribution in [3.05, 3.63) is 41.2 Å². The first kappa shape index (κ1) is 16.6. The average molecular weight is 349 g/mol. The number of fused-ring (bicyclic) bond motifs is 1. The third-order valence-electron chi connectivity index (χ3n) is 4.15. The fraction of sp³-hybridized carbons (Fsp3) is 0.400. The number of nitrogens with one attached hydrogen (secondary N) is 1. The Morgan fingerprint density at radius 1 is 1.38 bits per heavy atom. The number of aryl methyl sites for hydroxylation is 1. The number of carbonyl (C=O) groups excluding carboxylic acids is 1. The summed E-state index contributed by atoms with van der Waals surface area (Å²) < 4.78 is 26.5. The first-order valence-corrected chi connectivity index (χ1v) is 9.34. The summed E-state index contributed by atoms with van der Waals surface area (Å²) in [6.07, 6.45) is 3.37. The Bertz CT molecular complexity index is 904.